The molecule has 0 aliphatic heterocycles. The molecule has 2 heteroatoms. The van der Waals surface area contributed by atoms with E-state index in [4.69, 9.17) is 5.26 Å². The summed E-state index contributed by atoms with van der Waals surface area (Å²) in [6, 6.07) is 9.93. The third-order valence-corrected chi connectivity index (χ3v) is 3.50. The van der Waals surface area contributed by atoms with Crippen LogP contribution in [0.15, 0.2) is 24.3 Å². The van der Waals surface area contributed by atoms with E-state index in [1.807, 2.05) is 24.3 Å². The van der Waals surface area contributed by atoms with Crippen molar-refractivity contribution in [3.05, 3.63) is 35.4 Å². The molecule has 0 radical (unpaired) electrons. The Morgan fingerprint density at radius 3 is 2.06 bits per heavy atom. The normalized spacial score (nSPS) is 11.2. The van der Waals surface area contributed by atoms with Gasteiger partial charge in [-0.1, -0.05) is 39.8 Å². The van der Waals surface area contributed by atoms with Gasteiger partial charge in [-0.3, -0.25) is 0 Å². The fourth-order valence-corrected chi connectivity index (χ4v) is 2.32. The van der Waals surface area contributed by atoms with Crippen LogP contribution >= 0.6 is 0 Å². The first-order valence-corrected chi connectivity index (χ1v) is 6.74. The molecular formula is C16H24N2. The van der Waals surface area contributed by atoms with Crippen LogP contribution < -0.4 is 5.32 Å². The van der Waals surface area contributed by atoms with Crippen molar-refractivity contribution < 1.29 is 0 Å². The van der Waals surface area contributed by atoms with Gasteiger partial charge in [0.15, 0.2) is 0 Å². The molecule has 0 spiro atoms. The van der Waals surface area contributed by atoms with Crippen LogP contribution in [0, 0.1) is 29.1 Å². The molecule has 0 heterocycles. The number of nitrogens with zero attached hydrogens (tertiary/aromatic N) is 1. The van der Waals surface area contributed by atoms with Crippen LogP contribution in [0.1, 0.15) is 38.8 Å². The van der Waals surface area contributed by atoms with Crippen LogP contribution in [0.25, 0.3) is 0 Å². The molecule has 0 saturated carbocycles. The SMILES string of the molecule is CC(C)C(CNCc1ccc(C#N)cc1)C(C)C. The van der Waals surface area contributed by atoms with Crippen molar-refractivity contribution >= 4 is 0 Å². The maximum atomic E-state index is 8.73. The van der Waals surface area contributed by atoms with Gasteiger partial charge in [0.1, 0.15) is 0 Å². The summed E-state index contributed by atoms with van der Waals surface area (Å²) < 4.78 is 0. The molecule has 1 aromatic carbocycles. The van der Waals surface area contributed by atoms with Gasteiger partial charge < -0.3 is 5.32 Å². The molecule has 0 fully saturated rings. The van der Waals surface area contributed by atoms with Gasteiger partial charge in [-0.25, -0.2) is 0 Å². The second-order valence-corrected chi connectivity index (χ2v) is 5.59. The van der Waals surface area contributed by atoms with Crippen molar-refractivity contribution in [1.82, 2.24) is 5.32 Å². The van der Waals surface area contributed by atoms with Gasteiger partial charge >= 0.3 is 0 Å². The smallest absolute Gasteiger partial charge is 0.0991 e. The second kappa shape index (κ2) is 7.18. The lowest BCUT2D eigenvalue weighted by Crippen LogP contribution is -2.29. The van der Waals surface area contributed by atoms with Gasteiger partial charge in [0, 0.05) is 6.54 Å². The highest BCUT2D eigenvalue weighted by atomic mass is 14.9. The van der Waals surface area contributed by atoms with Crippen LogP contribution in [0.3, 0.4) is 0 Å². The van der Waals surface area contributed by atoms with Crippen LogP contribution in [0.4, 0.5) is 0 Å². The van der Waals surface area contributed by atoms with Gasteiger partial charge in [-0.05, 0) is 42.0 Å². The Hall–Kier alpha value is -1.33. The molecule has 0 aliphatic rings. The van der Waals surface area contributed by atoms with E-state index in [0.717, 1.165) is 18.7 Å². The molecular weight excluding hydrogens is 220 g/mol. The second-order valence-electron chi connectivity index (χ2n) is 5.59. The zero-order valence-corrected chi connectivity index (χ0v) is 11.9. The third-order valence-electron chi connectivity index (χ3n) is 3.50. The topological polar surface area (TPSA) is 35.8 Å². The number of benzene rings is 1. The molecule has 98 valence electrons. The van der Waals surface area contributed by atoms with Crippen LogP contribution in [-0.2, 0) is 6.54 Å². The Morgan fingerprint density at radius 2 is 1.61 bits per heavy atom. The highest BCUT2D eigenvalue weighted by molar-refractivity contribution is 5.31. The Labute approximate surface area is 111 Å². The summed E-state index contributed by atoms with van der Waals surface area (Å²) in [5.41, 5.74) is 1.96. The first-order valence-electron chi connectivity index (χ1n) is 6.74. The molecule has 1 N–H and O–H groups in total. The van der Waals surface area contributed by atoms with Gasteiger partial charge in [-0.2, -0.15) is 5.26 Å². The minimum atomic E-state index is 0.707. The average Bonchev–Trinajstić information content (AvgIpc) is 2.34. The van der Waals surface area contributed by atoms with E-state index < -0.39 is 0 Å². The predicted octanol–water partition coefficient (Wildman–Crippen LogP) is 3.58. The number of hydrogen-bond donors (Lipinski definition) is 1. The van der Waals surface area contributed by atoms with Gasteiger partial charge in [0.05, 0.1) is 11.6 Å². The lowest BCUT2D eigenvalue weighted by Gasteiger charge is -2.25. The molecule has 1 aromatic rings. The lowest BCUT2D eigenvalue weighted by molar-refractivity contribution is 0.275. The summed E-state index contributed by atoms with van der Waals surface area (Å²) in [5, 5.41) is 12.3. The molecule has 1 rings (SSSR count). The maximum Gasteiger partial charge on any atom is 0.0991 e. The Bertz CT molecular complexity index is 377. The van der Waals surface area contributed by atoms with E-state index in [9.17, 15) is 0 Å². The number of nitrogens with one attached hydrogen (secondary N) is 1. The third kappa shape index (κ3) is 4.50. The van der Waals surface area contributed by atoms with Crippen LogP contribution in [-0.4, -0.2) is 6.54 Å². The van der Waals surface area contributed by atoms with Crippen molar-refractivity contribution in [2.75, 3.05) is 6.54 Å². The van der Waals surface area contributed by atoms with Crippen molar-refractivity contribution in [2.45, 2.75) is 34.2 Å². The quantitative estimate of drug-likeness (QED) is 0.830. The molecule has 2 nitrogen and oxygen atoms in total. The lowest BCUT2D eigenvalue weighted by atomic mass is 9.85. The van der Waals surface area contributed by atoms with Crippen LogP contribution in [0.5, 0.6) is 0 Å². The van der Waals surface area contributed by atoms with Gasteiger partial charge in [0.2, 0.25) is 0 Å². The summed E-state index contributed by atoms with van der Waals surface area (Å²) >= 11 is 0. The van der Waals surface area contributed by atoms with Crippen molar-refractivity contribution in [3.63, 3.8) is 0 Å². The maximum absolute atomic E-state index is 8.73. The molecule has 0 atom stereocenters. The Kier molecular flexibility index (Phi) is 5.88. The fourth-order valence-electron chi connectivity index (χ4n) is 2.32. The molecule has 0 bridgehead atoms. The molecule has 0 saturated heterocycles. The van der Waals surface area contributed by atoms with Crippen molar-refractivity contribution in [2.24, 2.45) is 17.8 Å². The van der Waals surface area contributed by atoms with E-state index in [2.05, 4.69) is 39.1 Å². The summed E-state index contributed by atoms with van der Waals surface area (Å²) in [7, 11) is 0. The average molecular weight is 244 g/mol. The summed E-state index contributed by atoms with van der Waals surface area (Å²) in [4.78, 5) is 0. The first-order chi connectivity index (χ1) is 8.54. The van der Waals surface area contributed by atoms with Crippen LogP contribution in [0.2, 0.25) is 0 Å². The van der Waals surface area contributed by atoms with E-state index in [1.165, 1.54) is 5.56 Å². The standard InChI is InChI=1S/C16H24N2/c1-12(2)16(13(3)4)11-18-10-15-7-5-14(9-17)6-8-15/h5-8,12-13,16,18H,10-11H2,1-4H3. The largest absolute Gasteiger partial charge is 0.312 e. The Morgan fingerprint density at radius 1 is 1.06 bits per heavy atom. The molecule has 0 aliphatic carbocycles. The zero-order valence-electron chi connectivity index (χ0n) is 11.9. The number of rotatable bonds is 6. The Balaban J connectivity index is 2.43. The van der Waals surface area contributed by atoms with Crippen molar-refractivity contribution in [1.29, 1.82) is 5.26 Å². The van der Waals surface area contributed by atoms with E-state index >= 15 is 0 Å². The summed E-state index contributed by atoms with van der Waals surface area (Å²) in [6.45, 7) is 11.1. The van der Waals surface area contributed by atoms with E-state index in [-0.39, 0.29) is 0 Å². The number of nitriles is 1. The summed E-state index contributed by atoms with van der Waals surface area (Å²) in [6.07, 6.45) is 0. The number of hydrogen-bond acceptors (Lipinski definition) is 2. The highest BCUT2D eigenvalue weighted by Crippen LogP contribution is 2.19. The zero-order chi connectivity index (χ0) is 13.5. The molecule has 0 unspecified atom stereocenters. The first kappa shape index (κ1) is 14.7. The van der Waals surface area contributed by atoms with Crippen molar-refractivity contribution in [3.8, 4) is 6.07 Å². The van der Waals surface area contributed by atoms with Gasteiger partial charge in [-0.15, -0.1) is 0 Å². The molecule has 0 aromatic heterocycles. The minimum Gasteiger partial charge on any atom is -0.312 e. The summed E-state index contributed by atoms with van der Waals surface area (Å²) in [5.74, 6) is 2.13. The minimum absolute atomic E-state index is 0.707. The van der Waals surface area contributed by atoms with E-state index in [0.29, 0.717) is 17.8 Å². The predicted molar refractivity (Wildman–Crippen MR) is 76.0 cm³/mol. The van der Waals surface area contributed by atoms with E-state index in [1.54, 1.807) is 0 Å². The highest BCUT2D eigenvalue weighted by Gasteiger charge is 2.16. The molecule has 0 amide bonds. The monoisotopic (exact) mass is 244 g/mol. The van der Waals surface area contributed by atoms with Gasteiger partial charge in [0.25, 0.3) is 0 Å². The fraction of sp³-hybridized carbons (Fsp3) is 0.562. The molecule has 18 heavy (non-hydrogen) atoms.